The Kier molecular flexibility index (Phi) is 14.4. The average Bonchev–Trinajstić information content (AvgIpc) is 1.51. The first-order chi connectivity index (χ1) is 54.5. The Bertz CT molecular complexity index is 6630. The highest BCUT2D eigenvalue weighted by Gasteiger charge is 2.57. The van der Waals surface area contributed by atoms with Crippen molar-refractivity contribution in [1.29, 1.82) is 0 Å². The van der Waals surface area contributed by atoms with Crippen molar-refractivity contribution >= 4 is 10.8 Å². The van der Waals surface area contributed by atoms with Gasteiger partial charge in [-0.25, -0.2) is 29.9 Å². The van der Waals surface area contributed by atoms with Gasteiger partial charge < -0.3 is 9.47 Å². The quantitative estimate of drug-likeness (QED) is 0.134. The van der Waals surface area contributed by atoms with E-state index in [1.54, 1.807) is 0 Å². The zero-order valence-corrected chi connectivity index (χ0v) is 59.5. The second kappa shape index (κ2) is 25.2. The number of ether oxygens (including phenoxy) is 2. The molecular weight excluding hydrogens is 1340 g/mol. The molecule has 2 aliphatic heterocycles. The molecule has 0 N–H and O–H groups in total. The van der Waals surface area contributed by atoms with Crippen LogP contribution < -0.4 is 9.47 Å². The van der Waals surface area contributed by atoms with Crippen LogP contribution in [0.15, 0.2) is 376 Å². The minimum Gasteiger partial charge on any atom is -0.456 e. The van der Waals surface area contributed by atoms with Crippen molar-refractivity contribution in [2.24, 2.45) is 5.92 Å². The fraction of sp³-hybridized carbons (Fsp3) is 0.0392. The van der Waals surface area contributed by atoms with E-state index in [9.17, 15) is 0 Å². The van der Waals surface area contributed by atoms with Gasteiger partial charge in [0.25, 0.3) is 0 Å². The molecule has 0 radical (unpaired) electrons. The van der Waals surface area contributed by atoms with Crippen LogP contribution in [0.3, 0.4) is 0 Å². The molecule has 8 heteroatoms. The number of benzene rings is 15. The fourth-order valence-electron chi connectivity index (χ4n) is 18.3. The first kappa shape index (κ1) is 63.0. The maximum absolute atomic E-state index is 7.22. The minimum absolute atomic E-state index is 0.0675. The first-order valence-corrected chi connectivity index (χ1v) is 37.5. The minimum atomic E-state index is -0.567. The topological polar surface area (TPSA) is 95.8 Å². The van der Waals surface area contributed by atoms with Gasteiger partial charge in [-0.15, -0.1) is 0 Å². The Morgan fingerprint density at radius 1 is 0.227 bits per heavy atom. The summed E-state index contributed by atoms with van der Waals surface area (Å²) in [7, 11) is 0. The molecule has 4 heterocycles. The van der Waals surface area contributed by atoms with E-state index in [1.807, 2.05) is 48.5 Å². The third-order valence-electron chi connectivity index (χ3n) is 23.2. The van der Waals surface area contributed by atoms with Crippen LogP contribution in [-0.4, -0.2) is 29.9 Å². The largest absolute Gasteiger partial charge is 0.456 e. The lowest BCUT2D eigenvalue weighted by molar-refractivity contribution is 0.375. The molecular formula is C102H64N6O2. The molecule has 3 aliphatic carbocycles. The van der Waals surface area contributed by atoms with Crippen LogP contribution in [0, 0.1) is 5.92 Å². The van der Waals surface area contributed by atoms with Crippen molar-refractivity contribution < 1.29 is 9.47 Å². The van der Waals surface area contributed by atoms with Gasteiger partial charge in [-0.1, -0.05) is 352 Å². The Hall–Kier alpha value is -14.3. The molecule has 0 saturated heterocycles. The Morgan fingerprint density at radius 3 is 1.20 bits per heavy atom. The summed E-state index contributed by atoms with van der Waals surface area (Å²) >= 11 is 0. The average molecular weight is 1410 g/mol. The van der Waals surface area contributed by atoms with Crippen molar-refractivity contribution in [3.8, 4) is 147 Å². The van der Waals surface area contributed by atoms with Gasteiger partial charge in [0, 0.05) is 78.6 Å². The number of aromatic nitrogens is 6. The van der Waals surface area contributed by atoms with Crippen LogP contribution >= 0.6 is 0 Å². The highest BCUT2D eigenvalue weighted by Crippen LogP contribution is 2.67. The van der Waals surface area contributed by atoms with E-state index < -0.39 is 10.8 Å². The number of para-hydroxylation sites is 4. The molecule has 3 unspecified atom stereocenters. The molecule has 0 bridgehead atoms. The number of nitrogens with zero attached hydrogens (tertiary/aromatic N) is 6. The fourth-order valence-corrected chi connectivity index (χ4v) is 18.3. The van der Waals surface area contributed by atoms with Crippen molar-refractivity contribution in [3.05, 3.63) is 421 Å². The van der Waals surface area contributed by atoms with Crippen molar-refractivity contribution in [1.82, 2.24) is 29.9 Å². The normalized spacial score (nSPS) is 16.0. The molecule has 22 rings (SSSR count). The molecule has 17 aromatic rings. The molecule has 2 aromatic heterocycles. The smallest absolute Gasteiger partial charge is 0.164 e. The number of hydrogen-bond donors (Lipinski definition) is 0. The van der Waals surface area contributed by atoms with Crippen LogP contribution in [0.25, 0.3) is 135 Å². The summed E-state index contributed by atoms with van der Waals surface area (Å²) in [5.41, 5.74) is 25.1. The molecule has 15 aromatic carbocycles. The number of fused-ring (bicyclic) bond motifs is 19. The predicted octanol–water partition coefficient (Wildman–Crippen LogP) is 24.6. The Labute approximate surface area is 636 Å². The molecule has 2 spiro atoms. The van der Waals surface area contributed by atoms with Crippen LogP contribution in [0.1, 0.15) is 50.4 Å². The van der Waals surface area contributed by atoms with E-state index in [4.69, 9.17) is 39.4 Å². The Balaban J connectivity index is 0.577. The van der Waals surface area contributed by atoms with Crippen LogP contribution in [0.5, 0.6) is 23.0 Å². The third kappa shape index (κ3) is 9.85. The van der Waals surface area contributed by atoms with Crippen molar-refractivity contribution in [3.63, 3.8) is 0 Å². The summed E-state index contributed by atoms with van der Waals surface area (Å²) in [5, 5.41) is 2.29. The van der Waals surface area contributed by atoms with E-state index in [-0.39, 0.29) is 11.8 Å². The predicted molar refractivity (Wildman–Crippen MR) is 440 cm³/mol. The third-order valence-corrected chi connectivity index (χ3v) is 23.2. The van der Waals surface area contributed by atoms with E-state index in [2.05, 4.69) is 328 Å². The van der Waals surface area contributed by atoms with Gasteiger partial charge in [0.2, 0.25) is 0 Å². The lowest BCUT2D eigenvalue weighted by Crippen LogP contribution is -2.37. The summed E-state index contributed by atoms with van der Waals surface area (Å²) in [6, 6.07) is 125. The first-order valence-electron chi connectivity index (χ1n) is 37.5. The van der Waals surface area contributed by atoms with E-state index in [0.717, 1.165) is 134 Å². The zero-order valence-electron chi connectivity index (χ0n) is 59.5. The monoisotopic (exact) mass is 1400 g/mol. The summed E-state index contributed by atoms with van der Waals surface area (Å²) in [6.07, 6.45) is 9.28. The molecule has 0 amide bonds. The number of allylic oxidation sites excluding steroid dienone is 4. The molecule has 0 fully saturated rings. The van der Waals surface area contributed by atoms with Gasteiger partial charge in [-0.05, 0) is 102 Å². The summed E-state index contributed by atoms with van der Waals surface area (Å²) in [6.45, 7) is 0. The van der Waals surface area contributed by atoms with Gasteiger partial charge in [-0.3, -0.25) is 0 Å². The van der Waals surface area contributed by atoms with Crippen LogP contribution in [-0.2, 0) is 10.8 Å². The van der Waals surface area contributed by atoms with Gasteiger partial charge >= 0.3 is 0 Å². The number of hydrogen-bond acceptors (Lipinski definition) is 8. The highest BCUT2D eigenvalue weighted by atomic mass is 16.5. The highest BCUT2D eigenvalue weighted by molar-refractivity contribution is 5.92. The van der Waals surface area contributed by atoms with Crippen molar-refractivity contribution in [2.75, 3.05) is 0 Å². The maximum Gasteiger partial charge on any atom is 0.164 e. The molecule has 0 saturated carbocycles. The maximum atomic E-state index is 7.22. The Morgan fingerprint density at radius 2 is 0.609 bits per heavy atom. The SMILES string of the molecule is C1=CC2c3cc(-c4cccc(-c5ccc(-c6nc(-c7ccccc7)nc(-c7ccc(-c8cccc9c8Oc8ccccc8C98c9ccccc9-c9ccccc98)cc7)n6)cc5)c4)ccc3C3(c4ccccc4Oc4c(-c5ccc(-c6nc(-c7ccccc7)nc(-c7ccc8ccccc8c7)n6)cc5)cccc43)C2C=C1. The summed E-state index contributed by atoms with van der Waals surface area (Å²) < 4.78 is 14.3. The van der Waals surface area contributed by atoms with E-state index in [1.165, 1.54) is 33.4 Å². The molecule has 5 aliphatic rings. The van der Waals surface area contributed by atoms with E-state index in [0.29, 0.717) is 34.9 Å². The molecule has 514 valence electrons. The lowest BCUT2D eigenvalue weighted by atomic mass is 9.61. The second-order valence-corrected chi connectivity index (χ2v) is 29.1. The lowest BCUT2D eigenvalue weighted by Gasteiger charge is -2.43. The van der Waals surface area contributed by atoms with Crippen LogP contribution in [0.4, 0.5) is 0 Å². The summed E-state index contributed by atoms with van der Waals surface area (Å²) in [4.78, 5) is 30.9. The zero-order chi connectivity index (χ0) is 72.4. The summed E-state index contributed by atoms with van der Waals surface area (Å²) in [5.74, 6) is 7.23. The molecule has 110 heavy (non-hydrogen) atoms. The molecule has 8 nitrogen and oxygen atoms in total. The number of rotatable bonds is 10. The molecule has 3 atom stereocenters. The van der Waals surface area contributed by atoms with Gasteiger partial charge in [-0.2, -0.15) is 0 Å². The van der Waals surface area contributed by atoms with Gasteiger partial charge in [0.15, 0.2) is 34.9 Å². The second-order valence-electron chi connectivity index (χ2n) is 29.1. The van der Waals surface area contributed by atoms with Crippen molar-refractivity contribution in [2.45, 2.75) is 16.7 Å². The van der Waals surface area contributed by atoms with Gasteiger partial charge in [0.05, 0.1) is 10.8 Å². The van der Waals surface area contributed by atoms with E-state index >= 15 is 0 Å². The van der Waals surface area contributed by atoms with Crippen LogP contribution in [0.2, 0.25) is 0 Å². The van der Waals surface area contributed by atoms with Gasteiger partial charge in [0.1, 0.15) is 23.0 Å². The standard InChI is InChI=1S/C102H64N6O2/c1-3-23-67(24-4-1)95-103-97(106-98(104-95)70-53-47-65(48-54-70)77-33-20-40-89-93(77)109-91-42-17-15-38-87(91)101(89)83-35-12-9-30-79(83)80-31-10-13-36-84(80)101)69-51-44-64(45-52-69)73-28-19-29-74(60-73)75-58-59-86-82(62-75)81-32-11-14-37-85(81)102(86)88-39-16-18-43-92(88)110-94-78(34-21-41-90(94)102)66-49-55-71(56-50-66)99-105-96(68-25-5-2-6-26-68)107-100(108-99)76-57-46-63-22-7-8-27-72(63)61-76/h1-62,81,85H.